The summed E-state index contributed by atoms with van der Waals surface area (Å²) in [4.78, 5) is 28.8. The number of hydrogen-bond acceptors (Lipinski definition) is 5. The number of hydrogen-bond donors (Lipinski definition) is 1. The highest BCUT2D eigenvalue weighted by Gasteiger charge is 2.96. The first kappa shape index (κ1) is 23.3. The monoisotopic (exact) mass is 556 g/mol. The quantitative estimate of drug-likeness (QED) is 0.324. The lowest BCUT2D eigenvalue weighted by Gasteiger charge is -2.76. The van der Waals surface area contributed by atoms with E-state index in [1.54, 1.807) is 14.2 Å². The molecule has 4 aromatic carbocycles. The van der Waals surface area contributed by atoms with Crippen LogP contribution in [0, 0.1) is 22.7 Å². The number of carboxylic acid groups (broad SMARTS) is 1. The predicted molar refractivity (Wildman–Crippen MR) is 153 cm³/mol. The third-order valence-corrected chi connectivity index (χ3v) is 12.5. The number of cyclic esters (lactones) is 1. The molecular weight excluding hydrogens is 528 g/mol. The standard InChI is InChI=1S/C36H28O6/c1-40-30-17-9-3-4-10-18(17)31(41-2)26-22-15-21(25(26)30)28-29(22)36-33(39)42-16-34(36)23-13-7-5-11-19(23)27(35(28,36)32(37)38)20-12-6-8-14-24(20)34/h3-14,21-22,27-29H,15-16H2,1-2H3,(H,37,38). The van der Waals surface area contributed by atoms with Gasteiger partial charge < -0.3 is 19.3 Å². The second-order valence-corrected chi connectivity index (χ2v) is 13.0. The van der Waals surface area contributed by atoms with Gasteiger partial charge in [0.2, 0.25) is 0 Å². The fourth-order valence-electron chi connectivity index (χ4n) is 11.9. The lowest BCUT2D eigenvalue weighted by Crippen LogP contribution is -2.82. The summed E-state index contributed by atoms with van der Waals surface area (Å²) in [6.45, 7) is 0.160. The molecule has 6 aliphatic carbocycles. The number of esters is 1. The number of rotatable bonds is 3. The van der Waals surface area contributed by atoms with Gasteiger partial charge in [0.25, 0.3) is 0 Å². The molecule has 1 saturated heterocycles. The Morgan fingerprint density at radius 1 is 0.810 bits per heavy atom. The number of methoxy groups -OCH3 is 2. The Kier molecular flexibility index (Phi) is 3.88. The molecule has 1 N–H and O–H groups in total. The highest BCUT2D eigenvalue weighted by atomic mass is 16.5. The zero-order chi connectivity index (χ0) is 28.3. The van der Waals surface area contributed by atoms with E-state index in [0.717, 1.165) is 62.1 Å². The van der Waals surface area contributed by atoms with Gasteiger partial charge in [-0.2, -0.15) is 0 Å². The summed E-state index contributed by atoms with van der Waals surface area (Å²) in [7, 11) is 3.41. The van der Waals surface area contributed by atoms with Crippen LogP contribution < -0.4 is 9.47 Å². The van der Waals surface area contributed by atoms with Crippen molar-refractivity contribution >= 4 is 22.7 Å². The van der Waals surface area contributed by atoms with Crippen LogP contribution >= 0.6 is 0 Å². The molecule has 2 spiro atoms. The van der Waals surface area contributed by atoms with Gasteiger partial charge in [0, 0.05) is 27.8 Å². The van der Waals surface area contributed by atoms with E-state index >= 15 is 0 Å². The van der Waals surface area contributed by atoms with Crippen molar-refractivity contribution in [3.63, 3.8) is 0 Å². The highest BCUT2D eigenvalue weighted by Crippen LogP contribution is 2.92. The summed E-state index contributed by atoms with van der Waals surface area (Å²) in [5, 5.41) is 13.6. The van der Waals surface area contributed by atoms with E-state index in [2.05, 4.69) is 30.3 Å². The third-order valence-electron chi connectivity index (χ3n) is 12.5. The van der Waals surface area contributed by atoms with E-state index in [-0.39, 0.29) is 36.2 Å². The lowest BCUT2D eigenvalue weighted by molar-refractivity contribution is -0.249. The van der Waals surface area contributed by atoms with Gasteiger partial charge >= 0.3 is 11.9 Å². The van der Waals surface area contributed by atoms with Crippen molar-refractivity contribution in [2.45, 2.75) is 29.6 Å². The number of aliphatic carboxylic acids is 1. The molecule has 1 aliphatic heterocycles. The minimum atomic E-state index is -1.34. The van der Waals surface area contributed by atoms with Crippen LogP contribution in [0.2, 0.25) is 0 Å². The average molecular weight is 557 g/mol. The van der Waals surface area contributed by atoms with E-state index < -0.39 is 28.1 Å². The van der Waals surface area contributed by atoms with Gasteiger partial charge in [-0.3, -0.25) is 9.59 Å². The molecule has 4 aromatic rings. The zero-order valence-corrected chi connectivity index (χ0v) is 23.2. The van der Waals surface area contributed by atoms with Crippen molar-refractivity contribution in [3.05, 3.63) is 106 Å². The summed E-state index contributed by atoms with van der Waals surface area (Å²) in [6, 6.07) is 24.5. The van der Waals surface area contributed by atoms with E-state index in [1.807, 2.05) is 42.5 Å². The zero-order valence-electron chi connectivity index (χ0n) is 23.2. The molecule has 1 heterocycles. The number of benzene rings is 4. The normalized spacial score (nSPS) is 36.6. The van der Waals surface area contributed by atoms with Gasteiger partial charge in [0.1, 0.15) is 28.9 Å². The van der Waals surface area contributed by atoms with Crippen LogP contribution in [0.1, 0.15) is 57.6 Å². The molecule has 11 rings (SSSR count). The Morgan fingerprint density at radius 3 is 1.88 bits per heavy atom. The molecule has 6 unspecified atom stereocenters. The van der Waals surface area contributed by atoms with E-state index in [9.17, 15) is 14.7 Å². The fourth-order valence-corrected chi connectivity index (χ4v) is 11.9. The smallest absolute Gasteiger partial charge is 0.315 e. The lowest BCUT2D eigenvalue weighted by atomic mass is 9.21. The van der Waals surface area contributed by atoms with Gasteiger partial charge in [-0.15, -0.1) is 0 Å². The molecule has 0 radical (unpaired) electrons. The maximum atomic E-state index is 14.6. The third kappa shape index (κ3) is 1.89. The van der Waals surface area contributed by atoms with Crippen LogP contribution in [0.4, 0.5) is 0 Å². The number of fused-ring (bicyclic) bond motifs is 9. The summed E-state index contributed by atoms with van der Waals surface area (Å²) in [6.07, 6.45) is 0.771. The Balaban J connectivity index is 1.36. The van der Waals surface area contributed by atoms with Crippen LogP contribution in [-0.4, -0.2) is 37.9 Å². The SMILES string of the molecule is COc1c2c(c(OC)c3ccccc13)C1CC2C2C1C13C(=O)OCC14c1ccccc1C(c1ccccc14)C23C(=O)O. The first-order valence-electron chi connectivity index (χ1n) is 14.8. The van der Waals surface area contributed by atoms with E-state index in [4.69, 9.17) is 14.2 Å². The van der Waals surface area contributed by atoms with Crippen LogP contribution in [0.25, 0.3) is 10.8 Å². The Hall–Kier alpha value is -4.32. The van der Waals surface area contributed by atoms with Gasteiger partial charge in [-0.1, -0.05) is 72.8 Å². The number of carbonyl (C=O) groups excluding carboxylic acids is 1. The highest BCUT2D eigenvalue weighted by molar-refractivity contribution is 6.02. The van der Waals surface area contributed by atoms with Gasteiger partial charge in [-0.25, -0.2) is 0 Å². The molecule has 4 bridgehead atoms. The minimum Gasteiger partial charge on any atom is -0.496 e. The van der Waals surface area contributed by atoms with Crippen LogP contribution in [0.3, 0.4) is 0 Å². The Bertz CT molecular complexity index is 1910. The molecule has 208 valence electrons. The number of carboxylic acids is 1. The summed E-state index contributed by atoms with van der Waals surface area (Å²) in [5.74, 6) is -0.617. The summed E-state index contributed by atoms with van der Waals surface area (Å²) < 4.78 is 18.5. The minimum absolute atomic E-state index is 0.0443. The first-order valence-corrected chi connectivity index (χ1v) is 14.8. The number of carbonyl (C=O) groups is 2. The molecule has 6 atom stereocenters. The van der Waals surface area contributed by atoms with Crippen molar-refractivity contribution < 1.29 is 28.9 Å². The molecule has 6 heteroatoms. The van der Waals surface area contributed by atoms with Crippen molar-refractivity contribution in [1.82, 2.24) is 0 Å². The maximum Gasteiger partial charge on any atom is 0.315 e. The van der Waals surface area contributed by atoms with Crippen LogP contribution in [-0.2, 0) is 19.7 Å². The molecule has 0 aromatic heterocycles. The second kappa shape index (κ2) is 7.00. The number of ether oxygens (including phenoxy) is 3. The van der Waals surface area contributed by atoms with Crippen LogP contribution in [0.15, 0.2) is 72.8 Å². The van der Waals surface area contributed by atoms with Gasteiger partial charge in [0.15, 0.2) is 0 Å². The molecule has 6 nitrogen and oxygen atoms in total. The average Bonchev–Trinajstić information content (AvgIpc) is 3.66. The molecule has 42 heavy (non-hydrogen) atoms. The first-order chi connectivity index (χ1) is 20.5. The molecular formula is C36H28O6. The van der Waals surface area contributed by atoms with E-state index in [0.29, 0.717) is 0 Å². The topological polar surface area (TPSA) is 82.1 Å². The largest absolute Gasteiger partial charge is 0.496 e. The summed E-state index contributed by atoms with van der Waals surface area (Å²) in [5.41, 5.74) is 2.89. The van der Waals surface area contributed by atoms with Crippen molar-refractivity contribution in [1.29, 1.82) is 0 Å². The van der Waals surface area contributed by atoms with Crippen molar-refractivity contribution in [2.75, 3.05) is 20.8 Å². The Labute approximate surface area is 242 Å². The molecule has 3 fully saturated rings. The molecule has 7 aliphatic rings. The van der Waals surface area contributed by atoms with Crippen LogP contribution in [0.5, 0.6) is 11.5 Å². The second-order valence-electron chi connectivity index (χ2n) is 13.0. The Morgan fingerprint density at radius 2 is 1.33 bits per heavy atom. The van der Waals surface area contributed by atoms with Gasteiger partial charge in [0.05, 0.1) is 19.6 Å². The molecule has 2 saturated carbocycles. The summed E-state index contributed by atoms with van der Waals surface area (Å²) >= 11 is 0. The maximum absolute atomic E-state index is 14.6. The van der Waals surface area contributed by atoms with E-state index in [1.165, 1.54) is 0 Å². The van der Waals surface area contributed by atoms with Crippen molar-refractivity contribution in [2.24, 2.45) is 22.7 Å². The molecule has 0 amide bonds. The fraction of sp³-hybridized carbons (Fsp3) is 0.333. The van der Waals surface area contributed by atoms with Crippen molar-refractivity contribution in [3.8, 4) is 11.5 Å². The van der Waals surface area contributed by atoms with Gasteiger partial charge in [-0.05, 0) is 52.3 Å². The predicted octanol–water partition coefficient (Wildman–Crippen LogP) is 5.75.